The molecule has 0 aliphatic heterocycles. The second kappa shape index (κ2) is 7.25. The van der Waals surface area contributed by atoms with Crippen LogP contribution in [0.1, 0.15) is 19.4 Å². The van der Waals surface area contributed by atoms with Crippen molar-refractivity contribution >= 4 is 18.3 Å². The number of hydrogen-bond acceptors (Lipinski definition) is 2. The minimum atomic E-state index is -0.441. The van der Waals surface area contributed by atoms with Crippen LogP contribution in [0.5, 0.6) is 0 Å². The summed E-state index contributed by atoms with van der Waals surface area (Å²) in [5.74, 6) is -0.0987. The van der Waals surface area contributed by atoms with Gasteiger partial charge in [0.05, 0.1) is 6.04 Å². The van der Waals surface area contributed by atoms with Crippen molar-refractivity contribution in [1.29, 1.82) is 0 Å². The first-order valence-corrected chi connectivity index (χ1v) is 5.19. The van der Waals surface area contributed by atoms with Crippen LogP contribution in [0, 0.1) is 0 Å². The fourth-order valence-electron chi connectivity index (χ4n) is 1.39. The number of rotatable bonds is 4. The molecule has 0 fully saturated rings. The SMILES string of the molecule is CC(Cc1ccccc1)NC(=O)C(C)N.Cl. The number of halogens is 1. The molecular formula is C12H19ClN2O. The molecule has 0 bridgehead atoms. The lowest BCUT2D eigenvalue weighted by Gasteiger charge is -2.15. The number of nitrogens with two attached hydrogens (primary N) is 1. The summed E-state index contributed by atoms with van der Waals surface area (Å²) in [7, 11) is 0. The summed E-state index contributed by atoms with van der Waals surface area (Å²) >= 11 is 0. The molecule has 3 N–H and O–H groups in total. The topological polar surface area (TPSA) is 55.1 Å². The fraction of sp³-hybridized carbons (Fsp3) is 0.417. The third kappa shape index (κ3) is 5.14. The van der Waals surface area contributed by atoms with Gasteiger partial charge in [0.15, 0.2) is 0 Å². The third-order valence-electron chi connectivity index (χ3n) is 2.19. The van der Waals surface area contributed by atoms with Crippen LogP contribution in [0.25, 0.3) is 0 Å². The standard InChI is InChI=1S/C12H18N2O.ClH/c1-9(14-12(15)10(2)13)8-11-6-4-3-5-7-11;/h3-7,9-10H,8,13H2,1-2H3,(H,14,15);1H. The van der Waals surface area contributed by atoms with Crippen molar-refractivity contribution in [2.75, 3.05) is 0 Å². The van der Waals surface area contributed by atoms with Crippen LogP contribution in [0.2, 0.25) is 0 Å². The molecule has 3 nitrogen and oxygen atoms in total. The second-order valence-electron chi connectivity index (χ2n) is 3.89. The van der Waals surface area contributed by atoms with E-state index in [4.69, 9.17) is 5.73 Å². The fourth-order valence-corrected chi connectivity index (χ4v) is 1.39. The van der Waals surface area contributed by atoms with Gasteiger partial charge < -0.3 is 11.1 Å². The van der Waals surface area contributed by atoms with Crippen molar-refractivity contribution in [2.45, 2.75) is 32.4 Å². The summed E-state index contributed by atoms with van der Waals surface area (Å²) in [4.78, 5) is 11.3. The van der Waals surface area contributed by atoms with Crippen LogP contribution < -0.4 is 11.1 Å². The Kier molecular flexibility index (Phi) is 6.77. The average molecular weight is 243 g/mol. The van der Waals surface area contributed by atoms with Crippen molar-refractivity contribution in [3.05, 3.63) is 35.9 Å². The summed E-state index contributed by atoms with van der Waals surface area (Å²) in [5.41, 5.74) is 6.68. The van der Waals surface area contributed by atoms with E-state index in [9.17, 15) is 4.79 Å². The predicted octanol–water partition coefficient (Wildman–Crippen LogP) is 1.50. The van der Waals surface area contributed by atoms with Gasteiger partial charge in [0, 0.05) is 6.04 Å². The molecule has 2 atom stereocenters. The Morgan fingerprint density at radius 2 is 1.88 bits per heavy atom. The van der Waals surface area contributed by atoms with Crippen molar-refractivity contribution in [2.24, 2.45) is 5.73 Å². The molecule has 0 aliphatic carbocycles. The Bertz CT molecular complexity index is 314. The molecule has 0 radical (unpaired) electrons. The number of nitrogens with one attached hydrogen (secondary N) is 1. The molecule has 0 spiro atoms. The van der Waals surface area contributed by atoms with Gasteiger partial charge in [-0.1, -0.05) is 30.3 Å². The number of hydrogen-bond donors (Lipinski definition) is 2. The van der Waals surface area contributed by atoms with E-state index < -0.39 is 6.04 Å². The maximum Gasteiger partial charge on any atom is 0.236 e. The third-order valence-corrected chi connectivity index (χ3v) is 2.19. The molecule has 0 saturated carbocycles. The number of carbonyl (C=O) groups is 1. The van der Waals surface area contributed by atoms with E-state index in [0.29, 0.717) is 0 Å². The van der Waals surface area contributed by atoms with Gasteiger partial charge >= 0.3 is 0 Å². The van der Waals surface area contributed by atoms with E-state index in [2.05, 4.69) is 17.4 Å². The van der Waals surface area contributed by atoms with Gasteiger partial charge in [-0.15, -0.1) is 12.4 Å². The molecule has 4 heteroatoms. The molecule has 1 aromatic carbocycles. The first-order chi connectivity index (χ1) is 7.09. The minimum Gasteiger partial charge on any atom is -0.352 e. The number of benzene rings is 1. The maximum absolute atomic E-state index is 11.3. The number of carbonyl (C=O) groups excluding carboxylic acids is 1. The molecular weight excluding hydrogens is 224 g/mol. The van der Waals surface area contributed by atoms with Crippen LogP contribution >= 0.6 is 12.4 Å². The summed E-state index contributed by atoms with van der Waals surface area (Å²) in [6.45, 7) is 3.66. The molecule has 0 aromatic heterocycles. The van der Waals surface area contributed by atoms with Gasteiger partial charge in [-0.3, -0.25) is 4.79 Å². The highest BCUT2D eigenvalue weighted by Crippen LogP contribution is 2.02. The maximum atomic E-state index is 11.3. The lowest BCUT2D eigenvalue weighted by atomic mass is 10.1. The van der Waals surface area contributed by atoms with Crippen molar-refractivity contribution in [1.82, 2.24) is 5.32 Å². The zero-order valence-corrected chi connectivity index (χ0v) is 10.5. The van der Waals surface area contributed by atoms with Crippen molar-refractivity contribution in [3.8, 4) is 0 Å². The molecule has 1 amide bonds. The Morgan fingerprint density at radius 3 is 2.38 bits per heavy atom. The van der Waals surface area contributed by atoms with E-state index in [1.807, 2.05) is 25.1 Å². The zero-order chi connectivity index (χ0) is 11.3. The van der Waals surface area contributed by atoms with E-state index in [-0.39, 0.29) is 24.4 Å². The van der Waals surface area contributed by atoms with Gasteiger partial charge in [0.25, 0.3) is 0 Å². The molecule has 0 aliphatic rings. The van der Waals surface area contributed by atoms with Gasteiger partial charge in [-0.25, -0.2) is 0 Å². The summed E-state index contributed by atoms with van der Waals surface area (Å²) in [6, 6.07) is 9.75. The molecule has 0 heterocycles. The molecule has 16 heavy (non-hydrogen) atoms. The second-order valence-corrected chi connectivity index (χ2v) is 3.89. The van der Waals surface area contributed by atoms with Crippen molar-refractivity contribution in [3.63, 3.8) is 0 Å². The molecule has 1 aromatic rings. The lowest BCUT2D eigenvalue weighted by Crippen LogP contribution is -2.43. The summed E-state index contributed by atoms with van der Waals surface area (Å²) < 4.78 is 0. The highest BCUT2D eigenvalue weighted by molar-refractivity contribution is 5.85. The molecule has 90 valence electrons. The van der Waals surface area contributed by atoms with Crippen LogP contribution in [0.3, 0.4) is 0 Å². The Balaban J connectivity index is 0.00000225. The van der Waals surface area contributed by atoms with E-state index >= 15 is 0 Å². The molecule has 2 unspecified atom stereocenters. The van der Waals surface area contributed by atoms with Crippen molar-refractivity contribution < 1.29 is 4.79 Å². The zero-order valence-electron chi connectivity index (χ0n) is 9.64. The summed E-state index contributed by atoms with van der Waals surface area (Å²) in [5, 5.41) is 2.86. The molecule has 1 rings (SSSR count). The van der Waals surface area contributed by atoms with E-state index in [1.54, 1.807) is 6.92 Å². The highest BCUT2D eigenvalue weighted by atomic mass is 35.5. The van der Waals surface area contributed by atoms with Crippen LogP contribution in [0.15, 0.2) is 30.3 Å². The number of amides is 1. The van der Waals surface area contributed by atoms with Gasteiger partial charge in [0.1, 0.15) is 0 Å². The van der Waals surface area contributed by atoms with E-state index in [0.717, 1.165) is 6.42 Å². The Morgan fingerprint density at radius 1 is 1.31 bits per heavy atom. The lowest BCUT2D eigenvalue weighted by molar-refractivity contribution is -0.122. The van der Waals surface area contributed by atoms with Crippen LogP contribution in [-0.2, 0) is 11.2 Å². The Labute approximate surface area is 103 Å². The molecule has 0 saturated heterocycles. The summed E-state index contributed by atoms with van der Waals surface area (Å²) in [6.07, 6.45) is 0.833. The Hall–Kier alpha value is -1.06. The normalized spacial score (nSPS) is 13.4. The van der Waals surface area contributed by atoms with E-state index in [1.165, 1.54) is 5.56 Å². The average Bonchev–Trinajstić information content (AvgIpc) is 2.18. The monoisotopic (exact) mass is 242 g/mol. The van der Waals surface area contributed by atoms with Gasteiger partial charge in [-0.05, 0) is 25.8 Å². The highest BCUT2D eigenvalue weighted by Gasteiger charge is 2.10. The smallest absolute Gasteiger partial charge is 0.236 e. The van der Waals surface area contributed by atoms with Crippen LogP contribution in [-0.4, -0.2) is 18.0 Å². The predicted molar refractivity (Wildman–Crippen MR) is 68.6 cm³/mol. The minimum absolute atomic E-state index is 0. The first-order valence-electron chi connectivity index (χ1n) is 5.19. The quantitative estimate of drug-likeness (QED) is 0.841. The van der Waals surface area contributed by atoms with Crippen LogP contribution in [0.4, 0.5) is 0 Å². The first kappa shape index (κ1) is 14.9. The largest absolute Gasteiger partial charge is 0.352 e. The van der Waals surface area contributed by atoms with Gasteiger partial charge in [-0.2, -0.15) is 0 Å². The van der Waals surface area contributed by atoms with Gasteiger partial charge in [0.2, 0.25) is 5.91 Å².